The number of amides is 1. The fraction of sp³-hybridized carbons (Fsp3) is 0.200. The molecule has 136 valence electrons. The second-order valence-electron chi connectivity index (χ2n) is 5.17. The quantitative estimate of drug-likeness (QED) is 0.426. The van der Waals surface area contributed by atoms with Gasteiger partial charge in [-0.3, -0.25) is 4.79 Å². The van der Waals surface area contributed by atoms with Gasteiger partial charge in [-0.15, -0.1) is 0 Å². The number of methoxy groups -OCH3 is 1. The van der Waals surface area contributed by atoms with Gasteiger partial charge >= 0.3 is 0 Å². The Kier molecular flexibility index (Phi) is 7.24. The van der Waals surface area contributed by atoms with Crippen LogP contribution in [0, 0.1) is 0 Å². The maximum Gasteiger partial charge on any atom is 0.271 e. The van der Waals surface area contributed by atoms with Crippen molar-refractivity contribution in [1.82, 2.24) is 5.43 Å². The Morgan fingerprint density at radius 2 is 1.92 bits per heavy atom. The lowest BCUT2D eigenvalue weighted by Crippen LogP contribution is -2.17. The van der Waals surface area contributed by atoms with E-state index in [0.717, 1.165) is 5.56 Å². The standard InChI is InChI=1S/C20H22N2O4/c1-4-12-26-18-11-6-15(13-19(18)25-5-2)14-21-22-20(23)16-7-9-17(24-3)10-8-16/h4,6-11,13-14H,1,5,12H2,2-3H3,(H,22,23)/b21-14+. The first-order chi connectivity index (χ1) is 12.7. The molecule has 1 N–H and O–H groups in total. The van der Waals surface area contributed by atoms with E-state index in [0.29, 0.717) is 36.0 Å². The number of ether oxygens (including phenoxy) is 3. The molecule has 2 aromatic carbocycles. The number of nitrogens with one attached hydrogen (secondary N) is 1. The largest absolute Gasteiger partial charge is 0.497 e. The van der Waals surface area contributed by atoms with Crippen molar-refractivity contribution in [1.29, 1.82) is 0 Å². The van der Waals surface area contributed by atoms with Crippen LogP contribution in [0.5, 0.6) is 17.2 Å². The van der Waals surface area contributed by atoms with Crippen LogP contribution in [0.3, 0.4) is 0 Å². The Labute approximate surface area is 153 Å². The van der Waals surface area contributed by atoms with E-state index in [4.69, 9.17) is 14.2 Å². The summed E-state index contributed by atoms with van der Waals surface area (Å²) in [5.74, 6) is 1.62. The van der Waals surface area contributed by atoms with Gasteiger partial charge in [0.15, 0.2) is 11.5 Å². The highest BCUT2D eigenvalue weighted by atomic mass is 16.5. The molecule has 2 aromatic rings. The van der Waals surface area contributed by atoms with Gasteiger partial charge in [0.25, 0.3) is 5.91 Å². The van der Waals surface area contributed by atoms with E-state index in [2.05, 4.69) is 17.1 Å². The van der Waals surface area contributed by atoms with E-state index in [9.17, 15) is 4.79 Å². The predicted molar refractivity (Wildman–Crippen MR) is 101 cm³/mol. The summed E-state index contributed by atoms with van der Waals surface area (Å²) in [5.41, 5.74) is 3.75. The van der Waals surface area contributed by atoms with Gasteiger partial charge in [0.05, 0.1) is 19.9 Å². The summed E-state index contributed by atoms with van der Waals surface area (Å²) in [6.45, 7) is 6.43. The normalized spacial score (nSPS) is 10.4. The molecule has 0 spiro atoms. The fourth-order valence-corrected chi connectivity index (χ4v) is 2.11. The third-order valence-electron chi connectivity index (χ3n) is 3.36. The van der Waals surface area contributed by atoms with Gasteiger partial charge in [-0.1, -0.05) is 12.7 Å². The summed E-state index contributed by atoms with van der Waals surface area (Å²) in [4.78, 5) is 12.1. The first-order valence-electron chi connectivity index (χ1n) is 8.16. The lowest BCUT2D eigenvalue weighted by molar-refractivity contribution is 0.0955. The summed E-state index contributed by atoms with van der Waals surface area (Å²) in [5, 5.41) is 3.99. The van der Waals surface area contributed by atoms with Crippen LogP contribution in [-0.4, -0.2) is 32.4 Å². The highest BCUT2D eigenvalue weighted by Crippen LogP contribution is 2.28. The summed E-state index contributed by atoms with van der Waals surface area (Å²) in [7, 11) is 1.57. The molecule has 0 saturated heterocycles. The van der Waals surface area contributed by atoms with Crippen molar-refractivity contribution in [2.24, 2.45) is 5.10 Å². The Morgan fingerprint density at radius 1 is 1.15 bits per heavy atom. The fourth-order valence-electron chi connectivity index (χ4n) is 2.11. The van der Waals surface area contributed by atoms with Gasteiger partial charge in [0, 0.05) is 5.56 Å². The Bertz CT molecular complexity index is 770. The molecule has 0 atom stereocenters. The molecule has 6 heteroatoms. The van der Waals surface area contributed by atoms with Crippen molar-refractivity contribution in [2.75, 3.05) is 20.3 Å². The van der Waals surface area contributed by atoms with Crippen LogP contribution >= 0.6 is 0 Å². The van der Waals surface area contributed by atoms with Crippen LogP contribution < -0.4 is 19.6 Å². The third-order valence-corrected chi connectivity index (χ3v) is 3.36. The number of nitrogens with zero attached hydrogens (tertiary/aromatic N) is 1. The zero-order chi connectivity index (χ0) is 18.8. The Hall–Kier alpha value is -3.28. The van der Waals surface area contributed by atoms with E-state index in [1.807, 2.05) is 13.0 Å². The molecule has 0 fully saturated rings. The lowest BCUT2D eigenvalue weighted by atomic mass is 10.2. The van der Waals surface area contributed by atoms with Crippen molar-refractivity contribution in [3.63, 3.8) is 0 Å². The average molecular weight is 354 g/mol. The first kappa shape index (κ1) is 19.1. The zero-order valence-electron chi connectivity index (χ0n) is 14.9. The minimum Gasteiger partial charge on any atom is -0.497 e. The SMILES string of the molecule is C=CCOc1ccc(/C=N/NC(=O)c2ccc(OC)cc2)cc1OCC. The van der Waals surface area contributed by atoms with Crippen LogP contribution in [0.15, 0.2) is 60.2 Å². The highest BCUT2D eigenvalue weighted by Gasteiger charge is 2.06. The molecule has 0 heterocycles. The number of carbonyl (C=O) groups excluding carboxylic acids is 1. The van der Waals surface area contributed by atoms with Gasteiger partial charge in [-0.2, -0.15) is 5.10 Å². The van der Waals surface area contributed by atoms with Crippen molar-refractivity contribution < 1.29 is 19.0 Å². The van der Waals surface area contributed by atoms with Crippen LogP contribution in [0.4, 0.5) is 0 Å². The number of benzene rings is 2. The van der Waals surface area contributed by atoms with Crippen LogP contribution in [0.2, 0.25) is 0 Å². The number of hydrazone groups is 1. The van der Waals surface area contributed by atoms with E-state index in [-0.39, 0.29) is 5.91 Å². The molecular weight excluding hydrogens is 332 g/mol. The third kappa shape index (κ3) is 5.37. The number of hydrogen-bond acceptors (Lipinski definition) is 5. The van der Waals surface area contributed by atoms with Crippen LogP contribution in [-0.2, 0) is 0 Å². The van der Waals surface area contributed by atoms with Crippen LogP contribution in [0.25, 0.3) is 0 Å². The van der Waals surface area contributed by atoms with Crippen molar-refractivity contribution in [3.8, 4) is 17.2 Å². The second-order valence-corrected chi connectivity index (χ2v) is 5.17. The van der Waals surface area contributed by atoms with E-state index in [1.54, 1.807) is 55.8 Å². The number of carbonyl (C=O) groups is 1. The molecule has 0 unspecified atom stereocenters. The topological polar surface area (TPSA) is 69.2 Å². The molecular formula is C20H22N2O4. The lowest BCUT2D eigenvalue weighted by Gasteiger charge is -2.11. The van der Waals surface area contributed by atoms with Gasteiger partial charge in [-0.25, -0.2) is 5.43 Å². The van der Waals surface area contributed by atoms with E-state index < -0.39 is 0 Å². The number of hydrogen-bond donors (Lipinski definition) is 1. The minimum atomic E-state index is -0.306. The monoisotopic (exact) mass is 354 g/mol. The second kappa shape index (κ2) is 9.88. The van der Waals surface area contributed by atoms with Gasteiger partial charge in [0.2, 0.25) is 0 Å². The van der Waals surface area contributed by atoms with Crippen molar-refractivity contribution in [3.05, 3.63) is 66.2 Å². The molecule has 6 nitrogen and oxygen atoms in total. The molecule has 26 heavy (non-hydrogen) atoms. The maximum absolute atomic E-state index is 12.1. The molecule has 0 bridgehead atoms. The predicted octanol–water partition coefficient (Wildman–Crippen LogP) is 3.42. The maximum atomic E-state index is 12.1. The highest BCUT2D eigenvalue weighted by molar-refractivity contribution is 5.95. The van der Waals surface area contributed by atoms with E-state index >= 15 is 0 Å². The summed E-state index contributed by atoms with van der Waals surface area (Å²) in [6, 6.07) is 12.2. The van der Waals surface area contributed by atoms with Gasteiger partial charge < -0.3 is 14.2 Å². The van der Waals surface area contributed by atoms with Crippen LogP contribution in [0.1, 0.15) is 22.8 Å². The summed E-state index contributed by atoms with van der Waals surface area (Å²) in [6.07, 6.45) is 3.21. The minimum absolute atomic E-state index is 0.306. The van der Waals surface area contributed by atoms with E-state index in [1.165, 1.54) is 0 Å². The summed E-state index contributed by atoms with van der Waals surface area (Å²) >= 11 is 0. The van der Waals surface area contributed by atoms with Crippen molar-refractivity contribution in [2.45, 2.75) is 6.92 Å². The molecule has 1 amide bonds. The molecule has 2 rings (SSSR count). The molecule has 0 aromatic heterocycles. The molecule has 0 aliphatic carbocycles. The van der Waals surface area contributed by atoms with Gasteiger partial charge in [-0.05, 0) is 55.0 Å². The molecule has 0 saturated carbocycles. The molecule has 0 aliphatic rings. The van der Waals surface area contributed by atoms with Crippen molar-refractivity contribution >= 4 is 12.1 Å². The molecule has 0 aliphatic heterocycles. The Balaban J connectivity index is 2.03. The first-order valence-corrected chi connectivity index (χ1v) is 8.16. The average Bonchev–Trinajstić information content (AvgIpc) is 2.67. The zero-order valence-corrected chi connectivity index (χ0v) is 14.9. The summed E-state index contributed by atoms with van der Waals surface area (Å²) < 4.78 is 16.2. The number of rotatable bonds is 9. The smallest absolute Gasteiger partial charge is 0.271 e. The van der Waals surface area contributed by atoms with Gasteiger partial charge in [0.1, 0.15) is 12.4 Å². The Morgan fingerprint density at radius 3 is 2.58 bits per heavy atom. The molecule has 0 radical (unpaired) electrons.